The molecule has 3 rings (SSSR count). The van der Waals surface area contributed by atoms with Crippen LogP contribution < -0.4 is 21.9 Å². The molecule has 1 heterocycles. The van der Waals surface area contributed by atoms with Crippen LogP contribution in [-0.2, 0) is 22.6 Å². The monoisotopic (exact) mass is 372 g/mol. The number of aromatic amines is 1. The number of benzene rings is 1. The summed E-state index contributed by atoms with van der Waals surface area (Å²) in [6.45, 7) is 2.63. The lowest BCUT2D eigenvalue weighted by Gasteiger charge is -2.25. The van der Waals surface area contributed by atoms with Crippen LogP contribution in [0.15, 0.2) is 39.9 Å². The van der Waals surface area contributed by atoms with Crippen molar-refractivity contribution in [2.24, 2.45) is 11.8 Å². The van der Waals surface area contributed by atoms with Gasteiger partial charge in [0.05, 0.1) is 19.7 Å². The number of nitrogens with one attached hydrogen (secondary N) is 1. The van der Waals surface area contributed by atoms with Gasteiger partial charge in [-0.25, -0.2) is 4.79 Å². The first-order valence-corrected chi connectivity index (χ1v) is 8.90. The molecule has 1 aromatic heterocycles. The topological polar surface area (TPSA) is 110 Å². The quantitative estimate of drug-likeness (QED) is 0.752. The fourth-order valence-electron chi connectivity index (χ4n) is 3.14. The summed E-state index contributed by atoms with van der Waals surface area (Å²) in [5, 5.41) is 0. The number of hydrogen-bond acceptors (Lipinski definition) is 5. The maximum Gasteiger partial charge on any atom is 0.330 e. The van der Waals surface area contributed by atoms with E-state index in [2.05, 4.69) is 4.98 Å². The predicted octanol–water partition coefficient (Wildman–Crippen LogP) is 0.954. The van der Waals surface area contributed by atoms with Crippen molar-refractivity contribution in [2.45, 2.75) is 26.4 Å². The lowest BCUT2D eigenvalue weighted by atomic mass is 10.2. The Kier molecular flexibility index (Phi) is 5.46. The van der Waals surface area contributed by atoms with Crippen LogP contribution in [0.2, 0.25) is 0 Å². The van der Waals surface area contributed by atoms with E-state index in [-0.39, 0.29) is 48.9 Å². The molecule has 2 aromatic rings. The standard InChI is InChI=1S/C19H24N4O4/c1-12-10-14(12)18(25)23(11-13-6-4-3-5-7-13)15-16(20)22(8-9-27-2)19(26)21-17(15)24/h3-7,12,14H,8-11,20H2,1-2H3,(H,21,24,26). The molecular formula is C19H24N4O4. The van der Waals surface area contributed by atoms with E-state index in [1.54, 1.807) is 0 Å². The molecule has 1 amide bonds. The minimum atomic E-state index is -0.663. The van der Waals surface area contributed by atoms with E-state index in [4.69, 9.17) is 10.5 Å². The second-order valence-corrected chi connectivity index (χ2v) is 6.87. The van der Waals surface area contributed by atoms with Crippen LogP contribution in [-0.4, -0.2) is 29.2 Å². The van der Waals surface area contributed by atoms with Crippen molar-refractivity contribution in [1.29, 1.82) is 0 Å². The molecule has 0 spiro atoms. The molecule has 1 aliphatic rings. The number of carbonyl (C=O) groups is 1. The van der Waals surface area contributed by atoms with Crippen LogP contribution in [0.1, 0.15) is 18.9 Å². The molecule has 3 N–H and O–H groups in total. The molecule has 8 heteroatoms. The number of rotatable bonds is 7. The number of H-pyrrole nitrogens is 1. The van der Waals surface area contributed by atoms with E-state index >= 15 is 0 Å². The lowest BCUT2D eigenvalue weighted by Crippen LogP contribution is -2.42. The van der Waals surface area contributed by atoms with Gasteiger partial charge in [-0.1, -0.05) is 37.3 Å². The van der Waals surface area contributed by atoms with Gasteiger partial charge in [0.25, 0.3) is 5.56 Å². The minimum Gasteiger partial charge on any atom is -0.383 e. The van der Waals surface area contributed by atoms with Crippen molar-refractivity contribution in [3.05, 3.63) is 56.7 Å². The summed E-state index contributed by atoms with van der Waals surface area (Å²) in [5.41, 5.74) is 5.76. The normalized spacial score (nSPS) is 18.3. The number of amides is 1. The van der Waals surface area contributed by atoms with E-state index in [1.807, 2.05) is 37.3 Å². The Balaban J connectivity index is 2.07. The molecule has 1 aromatic carbocycles. The highest BCUT2D eigenvalue weighted by molar-refractivity contribution is 5.98. The summed E-state index contributed by atoms with van der Waals surface area (Å²) >= 11 is 0. The number of anilines is 2. The first-order chi connectivity index (χ1) is 12.9. The Labute approximate surface area is 156 Å². The van der Waals surface area contributed by atoms with Gasteiger partial charge in [-0.05, 0) is 17.9 Å². The van der Waals surface area contributed by atoms with Crippen molar-refractivity contribution in [3.63, 3.8) is 0 Å². The molecule has 8 nitrogen and oxygen atoms in total. The highest BCUT2D eigenvalue weighted by Gasteiger charge is 2.43. The summed E-state index contributed by atoms with van der Waals surface area (Å²) in [6.07, 6.45) is 0.783. The van der Waals surface area contributed by atoms with E-state index in [9.17, 15) is 14.4 Å². The number of methoxy groups -OCH3 is 1. The molecule has 2 unspecified atom stereocenters. The van der Waals surface area contributed by atoms with Crippen LogP contribution in [0.5, 0.6) is 0 Å². The summed E-state index contributed by atoms with van der Waals surface area (Å²) < 4.78 is 6.23. The van der Waals surface area contributed by atoms with Crippen molar-refractivity contribution in [3.8, 4) is 0 Å². The van der Waals surface area contributed by atoms with E-state index in [1.165, 1.54) is 16.6 Å². The van der Waals surface area contributed by atoms with E-state index in [0.717, 1.165) is 12.0 Å². The zero-order chi connectivity index (χ0) is 19.6. The zero-order valence-electron chi connectivity index (χ0n) is 15.5. The molecule has 1 fully saturated rings. The molecule has 144 valence electrons. The number of nitrogens with zero attached hydrogens (tertiary/aromatic N) is 2. The van der Waals surface area contributed by atoms with Crippen molar-refractivity contribution in [2.75, 3.05) is 24.4 Å². The molecule has 0 saturated heterocycles. The van der Waals surface area contributed by atoms with Gasteiger partial charge in [-0.3, -0.25) is 24.0 Å². The maximum atomic E-state index is 13.0. The fourth-order valence-corrected chi connectivity index (χ4v) is 3.14. The third-order valence-corrected chi connectivity index (χ3v) is 4.88. The highest BCUT2D eigenvalue weighted by atomic mass is 16.5. The molecule has 1 saturated carbocycles. The first-order valence-electron chi connectivity index (χ1n) is 8.90. The second-order valence-electron chi connectivity index (χ2n) is 6.87. The average Bonchev–Trinajstić information content (AvgIpc) is 3.37. The molecular weight excluding hydrogens is 348 g/mol. The smallest absolute Gasteiger partial charge is 0.330 e. The minimum absolute atomic E-state index is 0.0126. The molecule has 0 aliphatic heterocycles. The first kappa shape index (κ1) is 18.9. The number of aromatic nitrogens is 2. The predicted molar refractivity (Wildman–Crippen MR) is 103 cm³/mol. The van der Waals surface area contributed by atoms with Crippen LogP contribution in [0, 0.1) is 11.8 Å². The Morgan fingerprint density at radius 3 is 2.59 bits per heavy atom. The number of carbonyl (C=O) groups excluding carboxylic acids is 1. The largest absolute Gasteiger partial charge is 0.383 e. The van der Waals surface area contributed by atoms with Gasteiger partial charge < -0.3 is 10.5 Å². The summed E-state index contributed by atoms with van der Waals surface area (Å²) in [4.78, 5) is 41.4. The Hall–Kier alpha value is -2.87. The van der Waals surface area contributed by atoms with Gasteiger partial charge in [0, 0.05) is 13.0 Å². The molecule has 0 bridgehead atoms. The highest BCUT2D eigenvalue weighted by Crippen LogP contribution is 2.40. The van der Waals surface area contributed by atoms with Crippen LogP contribution in [0.25, 0.3) is 0 Å². The van der Waals surface area contributed by atoms with Gasteiger partial charge >= 0.3 is 5.69 Å². The molecule has 0 radical (unpaired) electrons. The summed E-state index contributed by atoms with van der Waals surface area (Å²) in [6, 6.07) is 9.37. The van der Waals surface area contributed by atoms with E-state index < -0.39 is 11.2 Å². The van der Waals surface area contributed by atoms with Crippen LogP contribution in [0.4, 0.5) is 11.5 Å². The SMILES string of the molecule is COCCn1c(N)c(N(Cc2ccccc2)C(=O)C2CC2C)c(=O)[nH]c1=O. The Morgan fingerprint density at radius 1 is 1.33 bits per heavy atom. The van der Waals surface area contributed by atoms with Crippen molar-refractivity contribution in [1.82, 2.24) is 9.55 Å². The van der Waals surface area contributed by atoms with Gasteiger partial charge in [0.1, 0.15) is 5.82 Å². The Bertz CT molecular complexity index is 935. The van der Waals surface area contributed by atoms with Gasteiger partial charge in [0.15, 0.2) is 5.69 Å². The summed E-state index contributed by atoms with van der Waals surface area (Å²) in [7, 11) is 1.51. The maximum absolute atomic E-state index is 13.0. The summed E-state index contributed by atoms with van der Waals surface area (Å²) in [5.74, 6) is -0.0405. The molecule has 27 heavy (non-hydrogen) atoms. The lowest BCUT2D eigenvalue weighted by molar-refractivity contribution is -0.120. The number of ether oxygens (including phenoxy) is 1. The van der Waals surface area contributed by atoms with Gasteiger partial charge in [0.2, 0.25) is 5.91 Å². The zero-order valence-corrected chi connectivity index (χ0v) is 15.5. The number of nitrogen functional groups attached to an aromatic ring is 1. The molecule has 2 atom stereocenters. The third kappa shape index (κ3) is 3.95. The van der Waals surface area contributed by atoms with Crippen molar-refractivity contribution < 1.29 is 9.53 Å². The Morgan fingerprint density at radius 2 is 2.00 bits per heavy atom. The second kappa shape index (κ2) is 7.79. The number of nitrogens with two attached hydrogens (primary N) is 1. The van der Waals surface area contributed by atoms with Crippen molar-refractivity contribution >= 4 is 17.4 Å². The van der Waals surface area contributed by atoms with Gasteiger partial charge in [-0.15, -0.1) is 0 Å². The van der Waals surface area contributed by atoms with Crippen LogP contribution >= 0.6 is 0 Å². The van der Waals surface area contributed by atoms with Crippen LogP contribution in [0.3, 0.4) is 0 Å². The third-order valence-electron chi connectivity index (χ3n) is 4.88. The number of hydrogen-bond donors (Lipinski definition) is 2. The van der Waals surface area contributed by atoms with Gasteiger partial charge in [-0.2, -0.15) is 0 Å². The average molecular weight is 372 g/mol. The fraction of sp³-hybridized carbons (Fsp3) is 0.421. The molecule has 1 aliphatic carbocycles. The van der Waals surface area contributed by atoms with E-state index in [0.29, 0.717) is 0 Å².